The lowest BCUT2D eigenvalue weighted by Crippen LogP contribution is -2.43. The minimum Gasteiger partial charge on any atom is -0.441 e. The zero-order valence-corrected chi connectivity index (χ0v) is 12.6. The lowest BCUT2D eigenvalue weighted by molar-refractivity contribution is -0.157. The predicted molar refractivity (Wildman–Crippen MR) is 81.0 cm³/mol. The number of aromatic nitrogens is 1. The molecule has 1 fully saturated rings. The Balaban J connectivity index is 1.65. The van der Waals surface area contributed by atoms with E-state index < -0.39 is 23.7 Å². The lowest BCUT2D eigenvalue weighted by Gasteiger charge is -2.29. The minimum atomic E-state index is -4.72. The van der Waals surface area contributed by atoms with Crippen LogP contribution in [-0.2, 0) is 6.18 Å². The monoisotopic (exact) mass is 340 g/mol. The predicted octanol–water partition coefficient (Wildman–Crippen LogP) is 2.36. The van der Waals surface area contributed by atoms with Gasteiger partial charge in [-0.3, -0.25) is 4.79 Å². The smallest absolute Gasteiger partial charge is 0.441 e. The van der Waals surface area contributed by atoms with Gasteiger partial charge in [0.15, 0.2) is 5.69 Å². The Kier molecular flexibility index (Phi) is 4.43. The van der Waals surface area contributed by atoms with Crippen molar-refractivity contribution in [3.8, 4) is 0 Å². The molecule has 2 heterocycles. The number of carbonyl (C=O) groups excluding carboxylic acids is 1. The number of halogens is 3. The number of carbonyl (C=O) groups is 1. The maximum atomic E-state index is 12.4. The first kappa shape index (κ1) is 16.3. The molecule has 24 heavy (non-hydrogen) atoms. The Morgan fingerprint density at radius 1 is 1.21 bits per heavy atom. The average molecular weight is 340 g/mol. The van der Waals surface area contributed by atoms with Crippen molar-refractivity contribution in [2.24, 2.45) is 0 Å². The molecule has 0 bridgehead atoms. The standard InChI is InChI=1S/C15H15F3N4O2/c16-15(17,18)14-21-12(9-24-14)13(23)20-10-1-3-11(4-2-10)22-7-5-19-6-8-22/h1-4,9,19H,5-8H2,(H,20,23). The highest BCUT2D eigenvalue weighted by Crippen LogP contribution is 2.28. The SMILES string of the molecule is O=C(Nc1ccc(N2CCNCC2)cc1)c1coc(C(F)(F)F)n1. The van der Waals surface area contributed by atoms with Crippen molar-refractivity contribution in [1.82, 2.24) is 10.3 Å². The van der Waals surface area contributed by atoms with E-state index >= 15 is 0 Å². The number of hydrogen-bond donors (Lipinski definition) is 2. The van der Waals surface area contributed by atoms with E-state index in [1.807, 2.05) is 12.1 Å². The molecule has 1 aromatic carbocycles. The highest BCUT2D eigenvalue weighted by molar-refractivity contribution is 6.02. The van der Waals surface area contributed by atoms with Crippen LogP contribution in [0.3, 0.4) is 0 Å². The van der Waals surface area contributed by atoms with Crippen molar-refractivity contribution >= 4 is 17.3 Å². The first-order chi connectivity index (χ1) is 11.4. The molecule has 6 nitrogen and oxygen atoms in total. The zero-order chi connectivity index (χ0) is 17.2. The van der Waals surface area contributed by atoms with Gasteiger partial charge in [-0.15, -0.1) is 0 Å². The van der Waals surface area contributed by atoms with E-state index in [0.29, 0.717) is 12.0 Å². The Morgan fingerprint density at radius 3 is 2.46 bits per heavy atom. The van der Waals surface area contributed by atoms with Gasteiger partial charge in [0, 0.05) is 37.6 Å². The topological polar surface area (TPSA) is 70.4 Å². The first-order valence-electron chi connectivity index (χ1n) is 7.33. The van der Waals surface area contributed by atoms with Crippen LogP contribution >= 0.6 is 0 Å². The summed E-state index contributed by atoms with van der Waals surface area (Å²) >= 11 is 0. The second-order valence-electron chi connectivity index (χ2n) is 5.27. The van der Waals surface area contributed by atoms with Crippen LogP contribution in [0.4, 0.5) is 24.5 Å². The van der Waals surface area contributed by atoms with Crippen LogP contribution < -0.4 is 15.5 Å². The zero-order valence-electron chi connectivity index (χ0n) is 12.6. The van der Waals surface area contributed by atoms with Crippen molar-refractivity contribution in [3.63, 3.8) is 0 Å². The third-order valence-corrected chi connectivity index (χ3v) is 3.59. The third kappa shape index (κ3) is 3.67. The van der Waals surface area contributed by atoms with Crippen LogP contribution in [-0.4, -0.2) is 37.1 Å². The molecule has 0 atom stereocenters. The molecule has 0 spiro atoms. The van der Waals surface area contributed by atoms with Gasteiger partial charge < -0.3 is 20.0 Å². The van der Waals surface area contributed by atoms with Crippen molar-refractivity contribution in [2.45, 2.75) is 6.18 Å². The van der Waals surface area contributed by atoms with Crippen molar-refractivity contribution in [1.29, 1.82) is 0 Å². The fourth-order valence-electron chi connectivity index (χ4n) is 2.38. The average Bonchev–Trinajstić information content (AvgIpc) is 3.07. The number of benzene rings is 1. The number of piperazine rings is 1. The molecule has 1 amide bonds. The number of oxazole rings is 1. The number of alkyl halides is 3. The molecule has 128 valence electrons. The molecule has 1 aliphatic heterocycles. The molecular formula is C15H15F3N4O2. The van der Waals surface area contributed by atoms with Crippen molar-refractivity contribution in [3.05, 3.63) is 42.1 Å². The van der Waals surface area contributed by atoms with E-state index in [9.17, 15) is 18.0 Å². The number of anilines is 2. The highest BCUT2D eigenvalue weighted by atomic mass is 19.4. The van der Waals surface area contributed by atoms with E-state index in [-0.39, 0.29) is 0 Å². The molecule has 1 saturated heterocycles. The van der Waals surface area contributed by atoms with Gasteiger partial charge in [-0.1, -0.05) is 0 Å². The van der Waals surface area contributed by atoms with E-state index in [1.165, 1.54) is 0 Å². The quantitative estimate of drug-likeness (QED) is 0.898. The Hall–Kier alpha value is -2.55. The van der Waals surface area contributed by atoms with Gasteiger partial charge in [0.1, 0.15) is 6.26 Å². The largest absolute Gasteiger partial charge is 0.468 e. The van der Waals surface area contributed by atoms with Gasteiger partial charge in [0.05, 0.1) is 0 Å². The van der Waals surface area contributed by atoms with Crippen LogP contribution in [0.25, 0.3) is 0 Å². The lowest BCUT2D eigenvalue weighted by atomic mass is 10.2. The molecule has 3 rings (SSSR count). The minimum absolute atomic E-state index is 0.423. The number of nitrogens with zero attached hydrogens (tertiary/aromatic N) is 2. The fraction of sp³-hybridized carbons (Fsp3) is 0.333. The first-order valence-corrected chi connectivity index (χ1v) is 7.33. The van der Waals surface area contributed by atoms with Gasteiger partial charge in [0.25, 0.3) is 5.91 Å². The summed E-state index contributed by atoms with van der Waals surface area (Å²) in [5, 5.41) is 5.75. The second kappa shape index (κ2) is 6.52. The maximum Gasteiger partial charge on any atom is 0.468 e. The van der Waals surface area contributed by atoms with Crippen molar-refractivity contribution < 1.29 is 22.4 Å². The Morgan fingerprint density at radius 2 is 1.88 bits per heavy atom. The molecule has 2 N–H and O–H groups in total. The molecule has 0 unspecified atom stereocenters. The third-order valence-electron chi connectivity index (χ3n) is 3.59. The van der Waals surface area contributed by atoms with Gasteiger partial charge >= 0.3 is 12.1 Å². The Labute approximate surface area is 135 Å². The Bertz CT molecular complexity index is 706. The molecule has 0 radical (unpaired) electrons. The molecule has 2 aromatic rings. The highest BCUT2D eigenvalue weighted by Gasteiger charge is 2.37. The van der Waals surface area contributed by atoms with Gasteiger partial charge in [-0.2, -0.15) is 13.2 Å². The fourth-order valence-corrected chi connectivity index (χ4v) is 2.38. The molecule has 1 aromatic heterocycles. The molecule has 0 saturated carbocycles. The summed E-state index contributed by atoms with van der Waals surface area (Å²) in [5.74, 6) is -2.20. The van der Waals surface area contributed by atoms with Crippen LogP contribution in [0.1, 0.15) is 16.4 Å². The van der Waals surface area contributed by atoms with Gasteiger partial charge in [-0.25, -0.2) is 4.98 Å². The number of amides is 1. The summed E-state index contributed by atoms with van der Waals surface area (Å²) in [7, 11) is 0. The van der Waals surface area contributed by atoms with Crippen molar-refractivity contribution in [2.75, 3.05) is 36.4 Å². The van der Waals surface area contributed by atoms with E-state index in [1.54, 1.807) is 12.1 Å². The number of hydrogen-bond acceptors (Lipinski definition) is 5. The second-order valence-corrected chi connectivity index (χ2v) is 5.27. The van der Waals surface area contributed by atoms with Crippen LogP contribution in [0.2, 0.25) is 0 Å². The summed E-state index contributed by atoms with van der Waals surface area (Å²) in [5.41, 5.74) is 1.07. The summed E-state index contributed by atoms with van der Waals surface area (Å²) in [6.07, 6.45) is -4.03. The maximum absolute atomic E-state index is 12.4. The summed E-state index contributed by atoms with van der Waals surface area (Å²) in [6.45, 7) is 3.61. The summed E-state index contributed by atoms with van der Waals surface area (Å²) < 4.78 is 41.5. The molecule has 9 heteroatoms. The van der Waals surface area contributed by atoms with Gasteiger partial charge in [-0.05, 0) is 24.3 Å². The molecular weight excluding hydrogens is 325 g/mol. The summed E-state index contributed by atoms with van der Waals surface area (Å²) in [4.78, 5) is 17.3. The van der Waals surface area contributed by atoms with Crippen LogP contribution in [0.15, 0.2) is 34.9 Å². The molecule has 0 aliphatic carbocycles. The van der Waals surface area contributed by atoms with E-state index in [2.05, 4.69) is 24.9 Å². The number of rotatable bonds is 3. The summed E-state index contributed by atoms with van der Waals surface area (Å²) in [6, 6.07) is 7.09. The van der Waals surface area contributed by atoms with E-state index in [0.717, 1.165) is 31.9 Å². The van der Waals surface area contributed by atoms with Gasteiger partial charge in [0.2, 0.25) is 0 Å². The number of nitrogens with one attached hydrogen (secondary N) is 2. The van der Waals surface area contributed by atoms with Crippen LogP contribution in [0.5, 0.6) is 0 Å². The molecule has 1 aliphatic rings. The van der Waals surface area contributed by atoms with Crippen LogP contribution in [0, 0.1) is 0 Å². The normalized spacial score (nSPS) is 15.4. The van der Waals surface area contributed by atoms with E-state index in [4.69, 9.17) is 0 Å².